The third-order valence-corrected chi connectivity index (χ3v) is 3.63. The Hall–Kier alpha value is -2.83. The topological polar surface area (TPSA) is 84.9 Å². The van der Waals surface area contributed by atoms with Crippen molar-refractivity contribution < 1.29 is 9.47 Å². The molecule has 2 heterocycles. The number of benzene rings is 1. The van der Waals surface area contributed by atoms with Crippen molar-refractivity contribution in [2.24, 2.45) is 0 Å². The van der Waals surface area contributed by atoms with E-state index in [2.05, 4.69) is 25.3 Å². The molecular formula is C16H19N5O2. The van der Waals surface area contributed by atoms with Crippen LogP contribution in [-0.2, 0) is 6.42 Å². The van der Waals surface area contributed by atoms with Crippen molar-refractivity contribution in [3.05, 3.63) is 36.4 Å². The van der Waals surface area contributed by atoms with E-state index in [1.807, 2.05) is 18.2 Å². The molecule has 2 N–H and O–H groups in total. The summed E-state index contributed by atoms with van der Waals surface area (Å²) in [6.07, 6.45) is 4.94. The first-order valence-corrected chi connectivity index (χ1v) is 7.40. The average molecular weight is 313 g/mol. The molecule has 0 aliphatic rings. The number of rotatable bonds is 7. The van der Waals surface area contributed by atoms with Gasteiger partial charge >= 0.3 is 0 Å². The Morgan fingerprint density at radius 2 is 2.04 bits per heavy atom. The number of anilines is 1. The zero-order valence-corrected chi connectivity index (χ0v) is 13.2. The van der Waals surface area contributed by atoms with Crippen molar-refractivity contribution in [3.8, 4) is 11.5 Å². The van der Waals surface area contributed by atoms with Crippen LogP contribution in [0, 0.1) is 0 Å². The molecule has 0 aliphatic heterocycles. The molecule has 3 rings (SSSR count). The van der Waals surface area contributed by atoms with Crippen molar-refractivity contribution >= 4 is 17.0 Å². The Balaban J connectivity index is 1.60. The van der Waals surface area contributed by atoms with E-state index in [0.717, 1.165) is 47.8 Å². The number of ether oxygens (including phenoxy) is 2. The van der Waals surface area contributed by atoms with Gasteiger partial charge in [0.2, 0.25) is 0 Å². The summed E-state index contributed by atoms with van der Waals surface area (Å²) in [5.74, 6) is 2.48. The van der Waals surface area contributed by atoms with Gasteiger partial charge < -0.3 is 19.8 Å². The van der Waals surface area contributed by atoms with Gasteiger partial charge in [0.05, 0.1) is 20.5 Å². The summed E-state index contributed by atoms with van der Waals surface area (Å²) in [5, 5.41) is 3.32. The molecule has 0 unspecified atom stereocenters. The average Bonchev–Trinajstić information content (AvgIpc) is 3.08. The predicted octanol–water partition coefficient (Wildman–Crippen LogP) is 2.41. The fourth-order valence-corrected chi connectivity index (χ4v) is 2.46. The van der Waals surface area contributed by atoms with E-state index in [-0.39, 0.29) is 0 Å². The number of H-pyrrole nitrogens is 1. The van der Waals surface area contributed by atoms with Crippen LogP contribution >= 0.6 is 0 Å². The van der Waals surface area contributed by atoms with Crippen LogP contribution in [0.15, 0.2) is 30.9 Å². The van der Waals surface area contributed by atoms with Gasteiger partial charge in [-0.2, -0.15) is 0 Å². The van der Waals surface area contributed by atoms with E-state index in [1.165, 1.54) is 6.33 Å². The number of methoxy groups -OCH3 is 2. The first-order chi connectivity index (χ1) is 11.3. The number of hydrogen-bond donors (Lipinski definition) is 2. The van der Waals surface area contributed by atoms with E-state index in [9.17, 15) is 0 Å². The van der Waals surface area contributed by atoms with Gasteiger partial charge in [0.15, 0.2) is 11.5 Å². The zero-order valence-electron chi connectivity index (χ0n) is 13.2. The summed E-state index contributed by atoms with van der Waals surface area (Å²) in [6, 6.07) is 5.84. The van der Waals surface area contributed by atoms with E-state index >= 15 is 0 Å². The van der Waals surface area contributed by atoms with E-state index in [0.29, 0.717) is 5.65 Å². The lowest BCUT2D eigenvalue weighted by molar-refractivity contribution is 0.398. The summed E-state index contributed by atoms with van der Waals surface area (Å²) in [5.41, 5.74) is 2.62. The first-order valence-electron chi connectivity index (χ1n) is 7.40. The molecule has 0 saturated heterocycles. The highest BCUT2D eigenvalue weighted by Gasteiger charge is 2.07. The zero-order chi connectivity index (χ0) is 16.1. The SMILES string of the molecule is COc1ccc(OC)c(CCCNc2ncnc3nc[nH]c23)c1. The highest BCUT2D eigenvalue weighted by molar-refractivity contribution is 5.81. The molecule has 0 spiro atoms. The molecule has 23 heavy (non-hydrogen) atoms. The van der Waals surface area contributed by atoms with Crippen LogP contribution in [0.3, 0.4) is 0 Å². The van der Waals surface area contributed by atoms with Crippen LogP contribution in [0.2, 0.25) is 0 Å². The van der Waals surface area contributed by atoms with Gasteiger partial charge in [-0.25, -0.2) is 15.0 Å². The predicted molar refractivity (Wildman–Crippen MR) is 88.0 cm³/mol. The Morgan fingerprint density at radius 1 is 1.13 bits per heavy atom. The number of aromatic nitrogens is 4. The number of hydrogen-bond acceptors (Lipinski definition) is 6. The Kier molecular flexibility index (Phi) is 4.56. The normalized spacial score (nSPS) is 10.7. The van der Waals surface area contributed by atoms with Crippen LogP contribution in [0.5, 0.6) is 11.5 Å². The van der Waals surface area contributed by atoms with Gasteiger partial charge in [-0.1, -0.05) is 0 Å². The minimum atomic E-state index is 0.664. The van der Waals surface area contributed by atoms with E-state index in [1.54, 1.807) is 20.5 Å². The summed E-state index contributed by atoms with van der Waals surface area (Å²) < 4.78 is 10.7. The van der Waals surface area contributed by atoms with Gasteiger partial charge in [-0.15, -0.1) is 0 Å². The Bertz CT molecular complexity index is 787. The van der Waals surface area contributed by atoms with Crippen molar-refractivity contribution in [2.75, 3.05) is 26.1 Å². The number of nitrogens with one attached hydrogen (secondary N) is 2. The van der Waals surface area contributed by atoms with Crippen LogP contribution in [0.1, 0.15) is 12.0 Å². The molecular weight excluding hydrogens is 294 g/mol. The Morgan fingerprint density at radius 3 is 2.87 bits per heavy atom. The molecule has 2 aromatic heterocycles. The largest absolute Gasteiger partial charge is 0.497 e. The van der Waals surface area contributed by atoms with E-state index < -0.39 is 0 Å². The van der Waals surface area contributed by atoms with Crippen molar-refractivity contribution in [1.82, 2.24) is 19.9 Å². The number of aryl methyl sites for hydroxylation is 1. The molecule has 1 aromatic carbocycles. The Labute approximate surface area is 134 Å². The molecule has 3 aromatic rings. The standard InChI is InChI=1S/C16H19N5O2/c1-22-12-5-6-13(23-2)11(8-12)4-3-7-17-15-14-16(19-9-18-14)21-10-20-15/h5-6,8-10H,3-4,7H2,1-2H3,(H2,17,18,19,20,21). The van der Waals surface area contributed by atoms with Crippen LogP contribution in [0.4, 0.5) is 5.82 Å². The molecule has 7 heteroatoms. The highest BCUT2D eigenvalue weighted by Crippen LogP contribution is 2.25. The molecule has 0 aliphatic carbocycles. The molecule has 0 saturated carbocycles. The van der Waals surface area contributed by atoms with Crippen LogP contribution in [-0.4, -0.2) is 40.7 Å². The lowest BCUT2D eigenvalue weighted by Gasteiger charge is -2.11. The third kappa shape index (κ3) is 3.33. The maximum Gasteiger partial charge on any atom is 0.182 e. The number of nitrogens with zero attached hydrogens (tertiary/aromatic N) is 3. The van der Waals surface area contributed by atoms with Gasteiger partial charge in [0.25, 0.3) is 0 Å². The quantitative estimate of drug-likeness (QED) is 0.652. The van der Waals surface area contributed by atoms with Gasteiger partial charge in [-0.3, -0.25) is 0 Å². The smallest absolute Gasteiger partial charge is 0.182 e. The molecule has 0 amide bonds. The van der Waals surface area contributed by atoms with Crippen molar-refractivity contribution in [2.45, 2.75) is 12.8 Å². The lowest BCUT2D eigenvalue weighted by atomic mass is 10.1. The van der Waals surface area contributed by atoms with Crippen molar-refractivity contribution in [1.29, 1.82) is 0 Å². The summed E-state index contributed by atoms with van der Waals surface area (Å²) in [7, 11) is 3.34. The first kappa shape index (κ1) is 15.1. The molecule has 0 fully saturated rings. The van der Waals surface area contributed by atoms with Gasteiger partial charge in [0.1, 0.15) is 23.3 Å². The summed E-state index contributed by atoms with van der Waals surface area (Å²) in [6.45, 7) is 0.783. The molecule has 120 valence electrons. The summed E-state index contributed by atoms with van der Waals surface area (Å²) >= 11 is 0. The monoisotopic (exact) mass is 313 g/mol. The van der Waals surface area contributed by atoms with E-state index in [4.69, 9.17) is 9.47 Å². The van der Waals surface area contributed by atoms with Crippen LogP contribution in [0.25, 0.3) is 11.2 Å². The fraction of sp³-hybridized carbons (Fsp3) is 0.312. The third-order valence-electron chi connectivity index (χ3n) is 3.63. The number of imidazole rings is 1. The summed E-state index contributed by atoms with van der Waals surface area (Å²) in [4.78, 5) is 15.5. The lowest BCUT2D eigenvalue weighted by Crippen LogP contribution is -2.06. The molecule has 0 atom stereocenters. The van der Waals surface area contributed by atoms with Gasteiger partial charge in [-0.05, 0) is 36.6 Å². The maximum atomic E-state index is 5.40. The number of fused-ring (bicyclic) bond motifs is 1. The second-order valence-electron chi connectivity index (χ2n) is 5.03. The number of aromatic amines is 1. The van der Waals surface area contributed by atoms with Crippen molar-refractivity contribution in [3.63, 3.8) is 0 Å². The molecule has 0 bridgehead atoms. The minimum absolute atomic E-state index is 0.664. The second-order valence-corrected chi connectivity index (χ2v) is 5.03. The fourth-order valence-electron chi connectivity index (χ4n) is 2.46. The molecule has 0 radical (unpaired) electrons. The highest BCUT2D eigenvalue weighted by atomic mass is 16.5. The van der Waals surface area contributed by atoms with Crippen LogP contribution < -0.4 is 14.8 Å². The maximum absolute atomic E-state index is 5.40. The molecule has 7 nitrogen and oxygen atoms in total. The second kappa shape index (κ2) is 6.95. The minimum Gasteiger partial charge on any atom is -0.497 e. The van der Waals surface area contributed by atoms with Gasteiger partial charge in [0, 0.05) is 6.54 Å².